The molecule has 2 N–H and O–H groups in total. The van der Waals surface area contributed by atoms with Crippen LogP contribution >= 0.6 is 0 Å². The predicted molar refractivity (Wildman–Crippen MR) is 106 cm³/mol. The van der Waals surface area contributed by atoms with E-state index in [-0.39, 0.29) is 11.1 Å². The monoisotopic (exact) mass is 379 g/mol. The van der Waals surface area contributed by atoms with Crippen molar-refractivity contribution in [2.45, 2.75) is 58.0 Å². The van der Waals surface area contributed by atoms with Crippen LogP contribution in [0.25, 0.3) is 0 Å². The minimum absolute atomic E-state index is 0.0719. The number of hydrogen-bond donors (Lipinski definition) is 2. The third-order valence-electron chi connectivity index (χ3n) is 5.60. The van der Waals surface area contributed by atoms with Crippen LogP contribution in [0.5, 0.6) is 0 Å². The first-order chi connectivity index (χ1) is 12.1. The van der Waals surface area contributed by atoms with Gasteiger partial charge >= 0.3 is 6.09 Å². The van der Waals surface area contributed by atoms with Gasteiger partial charge < -0.3 is 19.6 Å². The van der Waals surface area contributed by atoms with Gasteiger partial charge in [0.1, 0.15) is 0 Å². The third-order valence-corrected chi connectivity index (χ3v) is 10.1. The molecule has 1 aromatic rings. The average Bonchev–Trinajstić information content (AvgIpc) is 3.30. The van der Waals surface area contributed by atoms with Gasteiger partial charge in [-0.15, -0.1) is 0 Å². The molecule has 0 heterocycles. The van der Waals surface area contributed by atoms with Crippen molar-refractivity contribution in [1.82, 2.24) is 5.32 Å². The maximum absolute atomic E-state index is 10.9. The van der Waals surface area contributed by atoms with Crippen molar-refractivity contribution in [3.05, 3.63) is 35.9 Å². The highest BCUT2D eigenvalue weighted by molar-refractivity contribution is 6.74. The summed E-state index contributed by atoms with van der Waals surface area (Å²) in [4.78, 5) is 10.9. The normalized spacial score (nSPS) is 21.3. The van der Waals surface area contributed by atoms with Crippen LogP contribution in [-0.4, -0.2) is 38.8 Å². The van der Waals surface area contributed by atoms with Gasteiger partial charge in [-0.05, 0) is 42.0 Å². The number of carboxylic acid groups (broad SMARTS) is 1. The van der Waals surface area contributed by atoms with Gasteiger partial charge in [-0.3, -0.25) is 0 Å². The number of rotatable bonds is 9. The Labute approximate surface area is 158 Å². The fourth-order valence-corrected chi connectivity index (χ4v) is 4.21. The van der Waals surface area contributed by atoms with Crippen molar-refractivity contribution in [3.8, 4) is 0 Å². The molecule has 6 heteroatoms. The molecule has 0 bridgehead atoms. The second-order valence-electron chi connectivity index (χ2n) is 8.76. The van der Waals surface area contributed by atoms with Crippen LogP contribution in [0.1, 0.15) is 32.8 Å². The highest BCUT2D eigenvalue weighted by Crippen LogP contribution is 2.46. The van der Waals surface area contributed by atoms with Crippen LogP contribution in [0, 0.1) is 11.8 Å². The highest BCUT2D eigenvalue weighted by atomic mass is 28.4. The Morgan fingerprint density at radius 2 is 1.96 bits per heavy atom. The lowest BCUT2D eigenvalue weighted by molar-refractivity contribution is 0.0920. The van der Waals surface area contributed by atoms with Gasteiger partial charge in [0.25, 0.3) is 0 Å². The first kappa shape index (κ1) is 20.9. The molecule has 5 nitrogen and oxygen atoms in total. The minimum Gasteiger partial charge on any atom is -0.465 e. The molecule has 1 aromatic carbocycles. The lowest BCUT2D eigenvalue weighted by Gasteiger charge is -2.39. The highest BCUT2D eigenvalue weighted by Gasteiger charge is 2.48. The van der Waals surface area contributed by atoms with Crippen LogP contribution in [0.4, 0.5) is 4.79 Å². The van der Waals surface area contributed by atoms with Crippen LogP contribution in [0.2, 0.25) is 18.1 Å². The Morgan fingerprint density at radius 3 is 2.54 bits per heavy atom. The number of ether oxygens (including phenoxy) is 1. The number of hydrogen-bond acceptors (Lipinski definition) is 3. The van der Waals surface area contributed by atoms with Crippen molar-refractivity contribution >= 4 is 14.4 Å². The largest absolute Gasteiger partial charge is 0.465 e. The van der Waals surface area contributed by atoms with Crippen molar-refractivity contribution < 1.29 is 19.1 Å². The van der Waals surface area contributed by atoms with E-state index >= 15 is 0 Å². The number of carbonyl (C=O) groups is 1. The number of nitrogens with one attached hydrogen (secondary N) is 1. The molecule has 3 atom stereocenters. The van der Waals surface area contributed by atoms with Gasteiger partial charge in [-0.1, -0.05) is 51.1 Å². The molecule has 1 amide bonds. The van der Waals surface area contributed by atoms with E-state index in [1.165, 1.54) is 5.56 Å². The maximum atomic E-state index is 10.9. The number of amides is 1. The summed E-state index contributed by atoms with van der Waals surface area (Å²) in [5, 5.41) is 11.6. The minimum atomic E-state index is -1.95. The molecule has 146 valence electrons. The molecular formula is C20H33NO4Si. The summed E-state index contributed by atoms with van der Waals surface area (Å²) in [5.41, 5.74) is 1.17. The molecule has 1 aliphatic rings. The first-order valence-electron chi connectivity index (χ1n) is 9.36. The zero-order chi connectivity index (χ0) is 19.4. The average molecular weight is 380 g/mol. The van der Waals surface area contributed by atoms with E-state index in [0.717, 1.165) is 6.42 Å². The number of benzene rings is 1. The fourth-order valence-electron chi connectivity index (χ4n) is 2.84. The van der Waals surface area contributed by atoms with Gasteiger partial charge in [-0.2, -0.15) is 0 Å². The van der Waals surface area contributed by atoms with Gasteiger partial charge in [0.05, 0.1) is 19.3 Å². The summed E-state index contributed by atoms with van der Waals surface area (Å²) >= 11 is 0. The summed E-state index contributed by atoms with van der Waals surface area (Å²) in [5.74, 6) is 0.816. The van der Waals surface area contributed by atoms with Crippen LogP contribution in [0.3, 0.4) is 0 Å². The summed E-state index contributed by atoms with van der Waals surface area (Å²) < 4.78 is 12.4. The smallest absolute Gasteiger partial charge is 0.404 e. The van der Waals surface area contributed by atoms with E-state index in [9.17, 15) is 4.79 Å². The lowest BCUT2D eigenvalue weighted by Crippen LogP contribution is -2.48. The quantitative estimate of drug-likeness (QED) is 0.620. The summed E-state index contributed by atoms with van der Waals surface area (Å²) in [7, 11) is -1.95. The molecular weight excluding hydrogens is 346 g/mol. The summed E-state index contributed by atoms with van der Waals surface area (Å²) in [6.45, 7) is 12.7. The third kappa shape index (κ3) is 6.11. The van der Waals surface area contributed by atoms with Crippen LogP contribution in [0.15, 0.2) is 30.3 Å². The standard InChI is InChI=1S/C20H33NO4Si/c1-20(2,3)26(4,5)25-18(12-21-19(22)23)17-11-16(17)14-24-13-15-9-7-6-8-10-15/h6-10,16-18,21H,11-14H2,1-5H3,(H,22,23)/t16-,17+,18+/m1/s1. The molecule has 0 aromatic heterocycles. The molecule has 0 spiro atoms. The van der Waals surface area contributed by atoms with Gasteiger partial charge in [0.15, 0.2) is 8.32 Å². The maximum Gasteiger partial charge on any atom is 0.404 e. The van der Waals surface area contributed by atoms with E-state index in [1.54, 1.807) is 0 Å². The molecule has 0 aliphatic heterocycles. The van der Waals surface area contributed by atoms with Gasteiger partial charge in [0, 0.05) is 6.54 Å². The first-order valence-corrected chi connectivity index (χ1v) is 12.3. The zero-order valence-electron chi connectivity index (χ0n) is 16.6. The topological polar surface area (TPSA) is 67.8 Å². The SMILES string of the molecule is CC(C)(C)[Si](C)(C)O[C@@H](CNC(=O)O)[C@H]1C[C@@H]1COCc1ccccc1. The Hall–Kier alpha value is -1.37. The lowest BCUT2D eigenvalue weighted by atomic mass is 10.2. The Balaban J connectivity index is 1.87. The Morgan fingerprint density at radius 1 is 1.31 bits per heavy atom. The molecule has 1 fully saturated rings. The molecule has 0 radical (unpaired) electrons. The van der Waals surface area contributed by atoms with Crippen LogP contribution in [-0.2, 0) is 15.8 Å². The van der Waals surface area contributed by atoms with Crippen LogP contribution < -0.4 is 5.32 Å². The van der Waals surface area contributed by atoms with E-state index in [1.807, 2.05) is 18.2 Å². The molecule has 1 saturated carbocycles. The second kappa shape index (κ2) is 8.54. The predicted octanol–water partition coefficient (Wildman–Crippen LogP) is 4.50. The molecule has 26 heavy (non-hydrogen) atoms. The fraction of sp³-hybridized carbons (Fsp3) is 0.650. The van der Waals surface area contributed by atoms with Crippen molar-refractivity contribution in [1.29, 1.82) is 0 Å². The summed E-state index contributed by atoms with van der Waals surface area (Å²) in [6.07, 6.45) is -0.0290. The van der Waals surface area contributed by atoms with Crippen molar-refractivity contribution in [2.24, 2.45) is 11.8 Å². The van der Waals surface area contributed by atoms with Gasteiger partial charge in [0.2, 0.25) is 0 Å². The van der Waals surface area contributed by atoms with Crippen molar-refractivity contribution in [2.75, 3.05) is 13.2 Å². The summed E-state index contributed by atoms with van der Waals surface area (Å²) in [6, 6.07) is 10.1. The van der Waals surface area contributed by atoms with E-state index in [2.05, 4.69) is 51.3 Å². The van der Waals surface area contributed by atoms with E-state index in [4.69, 9.17) is 14.3 Å². The Kier molecular flexibility index (Phi) is 6.88. The van der Waals surface area contributed by atoms with Gasteiger partial charge in [-0.25, -0.2) is 4.79 Å². The van der Waals surface area contributed by atoms with E-state index < -0.39 is 14.4 Å². The molecule has 0 unspecified atom stereocenters. The van der Waals surface area contributed by atoms with E-state index in [0.29, 0.717) is 31.6 Å². The molecule has 0 saturated heterocycles. The van der Waals surface area contributed by atoms with Crippen molar-refractivity contribution in [3.63, 3.8) is 0 Å². The zero-order valence-corrected chi connectivity index (χ0v) is 17.6. The molecule has 2 rings (SSSR count). The Bertz CT molecular complexity index is 585. The molecule has 1 aliphatic carbocycles. The second-order valence-corrected chi connectivity index (χ2v) is 13.5.